The molecule has 26 heavy (non-hydrogen) atoms. The minimum atomic E-state index is -0.159. The first-order chi connectivity index (χ1) is 12.4. The van der Waals surface area contributed by atoms with Crippen molar-refractivity contribution in [3.8, 4) is 0 Å². The summed E-state index contributed by atoms with van der Waals surface area (Å²) in [6, 6.07) is 11.5. The van der Waals surface area contributed by atoms with Gasteiger partial charge in [0.15, 0.2) is 0 Å². The predicted octanol–water partition coefficient (Wildman–Crippen LogP) is 3.61. The smallest absolute Gasteiger partial charge is 0.255 e. The number of carbonyl (C=O) groups excluding carboxylic acids is 2. The van der Waals surface area contributed by atoms with E-state index in [0.29, 0.717) is 12.0 Å². The average Bonchev–Trinajstić information content (AvgIpc) is 2.92. The van der Waals surface area contributed by atoms with Gasteiger partial charge in [-0.15, -0.1) is 0 Å². The highest BCUT2D eigenvalue weighted by Gasteiger charge is 2.24. The minimum Gasteiger partial charge on any atom is -0.372 e. The van der Waals surface area contributed by atoms with Crippen LogP contribution in [0.1, 0.15) is 35.3 Å². The van der Waals surface area contributed by atoms with Gasteiger partial charge in [-0.3, -0.25) is 9.59 Å². The van der Waals surface area contributed by atoms with E-state index in [-0.39, 0.29) is 11.8 Å². The van der Waals surface area contributed by atoms with Crippen LogP contribution in [0.4, 0.5) is 17.1 Å². The standard InChI is InChI=1S/C21H25N3O2/c1-5-24(6-2)17-8-9-18(14(3)11-17)22-21(26)15-7-10-19-16(12-15)13-20(25)23(19)4/h7-12H,5-6,13H2,1-4H3,(H,22,26). The van der Waals surface area contributed by atoms with E-state index in [1.807, 2.05) is 31.2 Å². The zero-order chi connectivity index (χ0) is 18.8. The van der Waals surface area contributed by atoms with E-state index in [1.54, 1.807) is 18.0 Å². The van der Waals surface area contributed by atoms with E-state index >= 15 is 0 Å². The molecule has 0 aromatic heterocycles. The van der Waals surface area contributed by atoms with Crippen LogP contribution in [0, 0.1) is 6.92 Å². The molecule has 0 saturated carbocycles. The van der Waals surface area contributed by atoms with Crippen LogP contribution in [0.5, 0.6) is 0 Å². The molecule has 0 atom stereocenters. The molecule has 0 saturated heterocycles. The van der Waals surface area contributed by atoms with Crippen molar-refractivity contribution >= 4 is 28.9 Å². The summed E-state index contributed by atoms with van der Waals surface area (Å²) in [5.74, 6) is -0.103. The molecular weight excluding hydrogens is 326 g/mol. The Morgan fingerprint density at radius 2 is 1.88 bits per heavy atom. The Morgan fingerprint density at radius 1 is 1.15 bits per heavy atom. The van der Waals surface area contributed by atoms with E-state index in [1.165, 1.54) is 0 Å². The van der Waals surface area contributed by atoms with E-state index in [2.05, 4.69) is 30.1 Å². The molecule has 0 bridgehead atoms. The van der Waals surface area contributed by atoms with Crippen molar-refractivity contribution in [3.05, 3.63) is 53.1 Å². The first-order valence-electron chi connectivity index (χ1n) is 9.01. The topological polar surface area (TPSA) is 52.7 Å². The van der Waals surface area contributed by atoms with E-state index in [9.17, 15) is 9.59 Å². The maximum atomic E-state index is 12.6. The van der Waals surface area contributed by atoms with Crippen LogP contribution in [0.25, 0.3) is 0 Å². The SMILES string of the molecule is CCN(CC)c1ccc(NC(=O)c2ccc3c(c2)CC(=O)N3C)c(C)c1. The number of amides is 2. The Labute approximate surface area is 154 Å². The number of nitrogens with one attached hydrogen (secondary N) is 1. The van der Waals surface area contributed by atoms with Crippen LogP contribution in [0.3, 0.4) is 0 Å². The van der Waals surface area contributed by atoms with Crippen molar-refractivity contribution in [2.45, 2.75) is 27.2 Å². The van der Waals surface area contributed by atoms with Gasteiger partial charge in [-0.05, 0) is 68.3 Å². The third-order valence-electron chi connectivity index (χ3n) is 5.01. The number of likely N-dealkylation sites (N-methyl/N-ethyl adjacent to an activating group) is 1. The van der Waals surface area contributed by atoms with Gasteiger partial charge in [-0.25, -0.2) is 0 Å². The molecule has 0 radical (unpaired) electrons. The van der Waals surface area contributed by atoms with Gasteiger partial charge in [-0.1, -0.05) is 0 Å². The Bertz CT molecular complexity index is 856. The number of aryl methyl sites for hydroxylation is 1. The van der Waals surface area contributed by atoms with Crippen LogP contribution >= 0.6 is 0 Å². The molecule has 1 heterocycles. The average molecular weight is 351 g/mol. The molecule has 136 valence electrons. The Kier molecular flexibility index (Phi) is 4.98. The van der Waals surface area contributed by atoms with Gasteiger partial charge in [0.1, 0.15) is 0 Å². The molecule has 2 aromatic carbocycles. The number of anilines is 3. The van der Waals surface area contributed by atoms with Crippen molar-refractivity contribution in [1.29, 1.82) is 0 Å². The second-order valence-corrected chi connectivity index (χ2v) is 6.60. The van der Waals surface area contributed by atoms with Crippen LogP contribution in [0.15, 0.2) is 36.4 Å². The van der Waals surface area contributed by atoms with Crippen LogP contribution in [0.2, 0.25) is 0 Å². The zero-order valence-electron chi connectivity index (χ0n) is 15.8. The summed E-state index contributed by atoms with van der Waals surface area (Å²) in [6.07, 6.45) is 0.352. The van der Waals surface area contributed by atoms with Crippen LogP contribution < -0.4 is 15.1 Å². The Balaban J connectivity index is 1.79. The van der Waals surface area contributed by atoms with Crippen molar-refractivity contribution < 1.29 is 9.59 Å². The van der Waals surface area contributed by atoms with Gasteiger partial charge in [0.2, 0.25) is 5.91 Å². The Hall–Kier alpha value is -2.82. The molecule has 2 aromatic rings. The van der Waals surface area contributed by atoms with Crippen molar-refractivity contribution in [1.82, 2.24) is 0 Å². The maximum absolute atomic E-state index is 12.6. The second kappa shape index (κ2) is 7.20. The molecule has 0 fully saturated rings. The molecule has 0 aliphatic carbocycles. The fraction of sp³-hybridized carbons (Fsp3) is 0.333. The normalized spacial score (nSPS) is 12.9. The van der Waals surface area contributed by atoms with Gasteiger partial charge in [0, 0.05) is 42.8 Å². The van der Waals surface area contributed by atoms with Gasteiger partial charge in [-0.2, -0.15) is 0 Å². The fourth-order valence-electron chi connectivity index (χ4n) is 3.38. The van der Waals surface area contributed by atoms with E-state index < -0.39 is 0 Å². The van der Waals surface area contributed by atoms with E-state index in [4.69, 9.17) is 0 Å². The molecule has 1 aliphatic rings. The summed E-state index contributed by atoms with van der Waals surface area (Å²) in [4.78, 5) is 28.3. The minimum absolute atomic E-state index is 0.0559. The molecule has 5 heteroatoms. The number of fused-ring (bicyclic) bond motifs is 1. The van der Waals surface area contributed by atoms with Crippen molar-refractivity contribution in [2.24, 2.45) is 0 Å². The van der Waals surface area contributed by atoms with Gasteiger partial charge >= 0.3 is 0 Å². The summed E-state index contributed by atoms with van der Waals surface area (Å²) < 4.78 is 0. The molecule has 0 spiro atoms. The van der Waals surface area contributed by atoms with Crippen LogP contribution in [-0.2, 0) is 11.2 Å². The molecule has 2 amide bonds. The summed E-state index contributed by atoms with van der Waals surface area (Å²) >= 11 is 0. The van der Waals surface area contributed by atoms with Gasteiger partial charge < -0.3 is 15.1 Å². The third-order valence-corrected chi connectivity index (χ3v) is 5.01. The molecule has 1 aliphatic heterocycles. The molecular formula is C21H25N3O2. The lowest BCUT2D eigenvalue weighted by Crippen LogP contribution is -2.22. The summed E-state index contributed by atoms with van der Waals surface area (Å²) in [6.45, 7) is 8.15. The van der Waals surface area contributed by atoms with Crippen molar-refractivity contribution in [3.63, 3.8) is 0 Å². The fourth-order valence-corrected chi connectivity index (χ4v) is 3.38. The maximum Gasteiger partial charge on any atom is 0.255 e. The number of carbonyl (C=O) groups is 2. The Morgan fingerprint density at radius 3 is 2.54 bits per heavy atom. The second-order valence-electron chi connectivity index (χ2n) is 6.60. The number of hydrogen-bond acceptors (Lipinski definition) is 3. The first-order valence-corrected chi connectivity index (χ1v) is 9.01. The molecule has 1 N–H and O–H groups in total. The summed E-state index contributed by atoms with van der Waals surface area (Å²) in [5, 5.41) is 2.99. The molecule has 5 nitrogen and oxygen atoms in total. The van der Waals surface area contributed by atoms with Gasteiger partial charge in [0.05, 0.1) is 6.42 Å². The van der Waals surface area contributed by atoms with Crippen LogP contribution in [-0.4, -0.2) is 32.0 Å². The highest BCUT2D eigenvalue weighted by Crippen LogP contribution is 2.29. The monoisotopic (exact) mass is 351 g/mol. The summed E-state index contributed by atoms with van der Waals surface area (Å²) in [7, 11) is 1.76. The number of hydrogen-bond donors (Lipinski definition) is 1. The lowest BCUT2D eigenvalue weighted by atomic mass is 10.1. The number of rotatable bonds is 5. The highest BCUT2D eigenvalue weighted by atomic mass is 16.2. The number of nitrogens with zero attached hydrogens (tertiary/aromatic N) is 2. The quantitative estimate of drug-likeness (QED) is 0.895. The van der Waals surface area contributed by atoms with Crippen molar-refractivity contribution in [2.75, 3.05) is 35.3 Å². The predicted molar refractivity (Wildman–Crippen MR) is 106 cm³/mol. The lowest BCUT2D eigenvalue weighted by molar-refractivity contribution is -0.117. The first kappa shape index (κ1) is 18.0. The summed E-state index contributed by atoms with van der Waals surface area (Å²) in [5.41, 5.74) is 5.34. The molecule has 0 unspecified atom stereocenters. The van der Waals surface area contributed by atoms with Gasteiger partial charge in [0.25, 0.3) is 5.91 Å². The lowest BCUT2D eigenvalue weighted by Gasteiger charge is -2.22. The third kappa shape index (κ3) is 3.29. The number of benzene rings is 2. The van der Waals surface area contributed by atoms with E-state index in [0.717, 1.165) is 41.3 Å². The zero-order valence-corrected chi connectivity index (χ0v) is 15.8. The molecule has 3 rings (SSSR count). The highest BCUT2D eigenvalue weighted by molar-refractivity contribution is 6.07. The largest absolute Gasteiger partial charge is 0.372 e.